The summed E-state index contributed by atoms with van der Waals surface area (Å²) in [5.74, 6) is 0. The monoisotopic (exact) mass is 721 g/mol. The molecule has 12 aromatic rings. The molecule has 0 atom stereocenters. The predicted octanol–water partition coefficient (Wildman–Crippen LogP) is 14.3. The zero-order chi connectivity index (χ0) is 37.6. The van der Waals surface area contributed by atoms with Crippen LogP contribution in [0.5, 0.6) is 0 Å². The fraction of sp³-hybridized carbons (Fsp3) is 0. The van der Waals surface area contributed by atoms with E-state index in [2.05, 4.69) is 180 Å². The van der Waals surface area contributed by atoms with Crippen molar-refractivity contribution in [1.29, 1.82) is 5.26 Å². The van der Waals surface area contributed by atoms with Gasteiger partial charge in [-0.2, -0.15) is 5.26 Å². The van der Waals surface area contributed by atoms with Crippen LogP contribution >= 0.6 is 0 Å². The van der Waals surface area contributed by atoms with Gasteiger partial charge in [0.1, 0.15) is 0 Å². The number of benzene rings is 10. The largest absolute Gasteiger partial charge is 0.309 e. The van der Waals surface area contributed by atoms with E-state index in [1.54, 1.807) is 0 Å². The summed E-state index contributed by atoms with van der Waals surface area (Å²) < 4.78 is 2.31. The van der Waals surface area contributed by atoms with Crippen LogP contribution in [0, 0.1) is 11.3 Å². The average Bonchev–Trinajstić information content (AvgIpc) is 3.63. The summed E-state index contributed by atoms with van der Waals surface area (Å²) in [7, 11) is 0. The van der Waals surface area contributed by atoms with Gasteiger partial charge in [-0.3, -0.25) is 4.98 Å². The number of nitrogens with zero attached hydrogens (tertiary/aromatic N) is 3. The van der Waals surface area contributed by atoms with Crippen LogP contribution in [0.15, 0.2) is 188 Å². The molecule has 0 unspecified atom stereocenters. The molecule has 3 heteroatoms. The molecule has 0 spiro atoms. The van der Waals surface area contributed by atoms with Crippen molar-refractivity contribution in [3.63, 3.8) is 0 Å². The Morgan fingerprint density at radius 1 is 0.404 bits per heavy atom. The van der Waals surface area contributed by atoms with Crippen LogP contribution in [0.3, 0.4) is 0 Å². The highest BCUT2D eigenvalue weighted by Crippen LogP contribution is 2.45. The Hall–Kier alpha value is -7.80. The van der Waals surface area contributed by atoms with Crippen molar-refractivity contribution in [3.8, 4) is 45.3 Å². The van der Waals surface area contributed by atoms with E-state index in [0.717, 1.165) is 60.6 Å². The summed E-state index contributed by atoms with van der Waals surface area (Å²) in [6, 6.07) is 67.6. The molecule has 0 aliphatic heterocycles. The van der Waals surface area contributed by atoms with E-state index < -0.39 is 0 Å². The number of nitriles is 1. The lowest BCUT2D eigenvalue weighted by Gasteiger charge is -2.17. The van der Waals surface area contributed by atoms with Gasteiger partial charge in [0, 0.05) is 39.2 Å². The van der Waals surface area contributed by atoms with Gasteiger partial charge in [0.2, 0.25) is 0 Å². The first-order chi connectivity index (χ1) is 28.2. The molecule has 0 saturated heterocycles. The lowest BCUT2D eigenvalue weighted by Crippen LogP contribution is -1.93. The molecule has 0 radical (unpaired) electrons. The molecule has 0 N–H and O–H groups in total. The van der Waals surface area contributed by atoms with Crippen molar-refractivity contribution in [1.82, 2.24) is 9.55 Å². The molecule has 262 valence electrons. The Bertz CT molecular complexity index is 3620. The van der Waals surface area contributed by atoms with Crippen LogP contribution in [0.1, 0.15) is 5.56 Å². The van der Waals surface area contributed by atoms with Crippen molar-refractivity contribution in [2.75, 3.05) is 0 Å². The van der Waals surface area contributed by atoms with Gasteiger partial charge in [-0.05, 0) is 114 Å². The van der Waals surface area contributed by atoms with Crippen molar-refractivity contribution in [3.05, 3.63) is 194 Å². The summed E-state index contributed by atoms with van der Waals surface area (Å²) in [5.41, 5.74) is 10.7. The molecule has 0 amide bonds. The van der Waals surface area contributed by atoms with Crippen LogP contribution in [0.25, 0.3) is 115 Å². The fourth-order valence-electron chi connectivity index (χ4n) is 9.52. The van der Waals surface area contributed by atoms with Gasteiger partial charge in [0.05, 0.1) is 28.4 Å². The van der Waals surface area contributed by atoms with E-state index in [4.69, 9.17) is 4.98 Å². The molecular weight excluding hydrogens is 691 g/mol. The Balaban J connectivity index is 1.04. The second kappa shape index (κ2) is 12.1. The topological polar surface area (TPSA) is 41.6 Å². The van der Waals surface area contributed by atoms with E-state index in [0.29, 0.717) is 5.56 Å². The number of aromatic nitrogens is 2. The molecule has 57 heavy (non-hydrogen) atoms. The first-order valence-electron chi connectivity index (χ1n) is 19.3. The molecule has 0 fully saturated rings. The Kier molecular flexibility index (Phi) is 6.70. The lowest BCUT2D eigenvalue weighted by molar-refractivity contribution is 1.18. The van der Waals surface area contributed by atoms with Crippen molar-refractivity contribution < 1.29 is 0 Å². The third kappa shape index (κ3) is 4.56. The molecule has 12 rings (SSSR count). The molecule has 0 bridgehead atoms. The van der Waals surface area contributed by atoms with Crippen molar-refractivity contribution in [2.24, 2.45) is 0 Å². The van der Waals surface area contributed by atoms with E-state index in [-0.39, 0.29) is 0 Å². The molecule has 0 aliphatic carbocycles. The van der Waals surface area contributed by atoms with Crippen LogP contribution < -0.4 is 0 Å². The van der Waals surface area contributed by atoms with E-state index in [1.807, 2.05) is 18.3 Å². The van der Waals surface area contributed by atoms with Gasteiger partial charge < -0.3 is 4.57 Å². The SMILES string of the molecule is N#Cc1ccc2c3c1ccc1c(-c4ccc(-c5cc6c7ccccc7c(-c7cccc8ccccc78)cc6c6ccccc56)cn4)ccc(c13)n2-c1ccccc1. The molecule has 0 saturated carbocycles. The van der Waals surface area contributed by atoms with Crippen LogP contribution in [-0.4, -0.2) is 9.55 Å². The standard InChI is InChI=1S/C54H31N3/c55-31-34-22-27-51-53-38(34)23-24-45-44(25-28-52(54(45)53)57(51)36-13-2-1-3-14-36)50-26-21-35(32-56-50)46-29-48-43-19-9-8-18-42(43)47(30-49(48)41-17-7-6-16-40(41)46)39-20-10-12-33-11-4-5-15-37(33)39/h1-30,32H. The van der Waals surface area contributed by atoms with Gasteiger partial charge in [-0.15, -0.1) is 0 Å². The van der Waals surface area contributed by atoms with Crippen molar-refractivity contribution >= 4 is 75.7 Å². The Morgan fingerprint density at radius 3 is 1.75 bits per heavy atom. The zero-order valence-electron chi connectivity index (χ0n) is 30.7. The number of pyridine rings is 1. The summed E-state index contributed by atoms with van der Waals surface area (Å²) in [6.45, 7) is 0. The lowest BCUT2D eigenvalue weighted by atomic mass is 9.87. The third-order valence-corrected chi connectivity index (χ3v) is 12.0. The van der Waals surface area contributed by atoms with Gasteiger partial charge >= 0.3 is 0 Å². The number of para-hydroxylation sites is 1. The smallest absolute Gasteiger partial charge is 0.0998 e. The molecule has 10 aromatic carbocycles. The molecule has 2 aromatic heterocycles. The number of hydrogen-bond donors (Lipinski definition) is 0. The molecule has 3 nitrogen and oxygen atoms in total. The number of fused-ring (bicyclic) bond motifs is 6. The summed E-state index contributed by atoms with van der Waals surface area (Å²) in [6.07, 6.45) is 2.03. The van der Waals surface area contributed by atoms with E-state index in [9.17, 15) is 5.26 Å². The molecular formula is C54H31N3. The number of hydrogen-bond acceptors (Lipinski definition) is 2. The molecule has 2 heterocycles. The second-order valence-electron chi connectivity index (χ2n) is 15.0. The summed E-state index contributed by atoms with van der Waals surface area (Å²) in [5, 5.41) is 24.3. The maximum atomic E-state index is 10.0. The number of rotatable bonds is 4. The van der Waals surface area contributed by atoms with Crippen LogP contribution in [-0.2, 0) is 0 Å². The van der Waals surface area contributed by atoms with E-state index >= 15 is 0 Å². The zero-order valence-corrected chi connectivity index (χ0v) is 30.7. The van der Waals surface area contributed by atoms with Gasteiger partial charge in [-0.25, -0.2) is 0 Å². The normalized spacial score (nSPS) is 11.8. The third-order valence-electron chi connectivity index (χ3n) is 12.0. The summed E-state index contributed by atoms with van der Waals surface area (Å²) in [4.78, 5) is 5.18. The highest BCUT2D eigenvalue weighted by molar-refractivity contribution is 6.28. The minimum absolute atomic E-state index is 0.685. The van der Waals surface area contributed by atoms with Gasteiger partial charge in [-0.1, -0.05) is 133 Å². The van der Waals surface area contributed by atoms with E-state index in [1.165, 1.54) is 54.2 Å². The highest BCUT2D eigenvalue weighted by atomic mass is 15.0. The fourth-order valence-corrected chi connectivity index (χ4v) is 9.52. The Morgan fingerprint density at radius 2 is 1.02 bits per heavy atom. The predicted molar refractivity (Wildman–Crippen MR) is 238 cm³/mol. The highest BCUT2D eigenvalue weighted by Gasteiger charge is 2.21. The second-order valence-corrected chi connectivity index (χ2v) is 15.0. The maximum absolute atomic E-state index is 10.0. The Labute approximate surface area is 328 Å². The van der Waals surface area contributed by atoms with Crippen molar-refractivity contribution in [2.45, 2.75) is 0 Å². The van der Waals surface area contributed by atoms with Gasteiger partial charge in [0.15, 0.2) is 0 Å². The first kappa shape index (κ1) is 31.5. The quantitative estimate of drug-likeness (QED) is 0.170. The average molecular weight is 722 g/mol. The summed E-state index contributed by atoms with van der Waals surface area (Å²) >= 11 is 0. The molecule has 0 aliphatic rings. The van der Waals surface area contributed by atoms with Crippen LogP contribution in [0.2, 0.25) is 0 Å². The van der Waals surface area contributed by atoms with Gasteiger partial charge in [0.25, 0.3) is 0 Å². The minimum Gasteiger partial charge on any atom is -0.309 e. The van der Waals surface area contributed by atoms with Crippen LogP contribution in [0.4, 0.5) is 0 Å². The maximum Gasteiger partial charge on any atom is 0.0998 e. The minimum atomic E-state index is 0.685. The first-order valence-corrected chi connectivity index (χ1v) is 19.3.